The predicted octanol–water partition coefficient (Wildman–Crippen LogP) is 3.55. The van der Waals surface area contributed by atoms with Gasteiger partial charge < -0.3 is 15.4 Å². The fourth-order valence-electron chi connectivity index (χ4n) is 1.70. The highest BCUT2D eigenvalue weighted by atomic mass is 79.9. The van der Waals surface area contributed by atoms with Crippen LogP contribution in [0.15, 0.2) is 34.8 Å². The standard InChI is InChI=1S/C13H13BrN4O3/c1-15-12-6-5-10(18(19)20)13(17-12)16-8-3-4-9(14)11(7-8)21-2/h3-7H,1-2H3,(H2,15,16,17). The van der Waals surface area contributed by atoms with Gasteiger partial charge in [0.1, 0.15) is 11.6 Å². The number of aromatic nitrogens is 1. The number of pyridine rings is 1. The summed E-state index contributed by atoms with van der Waals surface area (Å²) in [5, 5.41) is 16.8. The fourth-order valence-corrected chi connectivity index (χ4v) is 2.11. The first-order valence-electron chi connectivity index (χ1n) is 5.99. The lowest BCUT2D eigenvalue weighted by Crippen LogP contribution is -2.02. The maximum Gasteiger partial charge on any atom is 0.311 e. The topological polar surface area (TPSA) is 89.3 Å². The summed E-state index contributed by atoms with van der Waals surface area (Å²) in [6.45, 7) is 0. The van der Waals surface area contributed by atoms with Crippen LogP contribution in [-0.4, -0.2) is 24.1 Å². The lowest BCUT2D eigenvalue weighted by molar-refractivity contribution is -0.384. The summed E-state index contributed by atoms with van der Waals surface area (Å²) in [5.41, 5.74) is 0.537. The highest BCUT2D eigenvalue weighted by Crippen LogP contribution is 2.32. The summed E-state index contributed by atoms with van der Waals surface area (Å²) in [6, 6.07) is 8.23. The van der Waals surface area contributed by atoms with E-state index >= 15 is 0 Å². The second-order valence-electron chi connectivity index (χ2n) is 4.05. The quantitative estimate of drug-likeness (QED) is 0.631. The first-order chi connectivity index (χ1) is 10.0. The number of rotatable bonds is 5. The van der Waals surface area contributed by atoms with E-state index in [9.17, 15) is 10.1 Å². The summed E-state index contributed by atoms with van der Waals surface area (Å²) < 4.78 is 5.99. The number of nitrogens with zero attached hydrogens (tertiary/aromatic N) is 2. The van der Waals surface area contributed by atoms with Crippen molar-refractivity contribution in [3.63, 3.8) is 0 Å². The molecule has 2 N–H and O–H groups in total. The zero-order valence-corrected chi connectivity index (χ0v) is 13.0. The van der Waals surface area contributed by atoms with Gasteiger partial charge in [-0.15, -0.1) is 0 Å². The van der Waals surface area contributed by atoms with Crippen molar-refractivity contribution >= 4 is 38.9 Å². The van der Waals surface area contributed by atoms with Crippen molar-refractivity contribution in [2.45, 2.75) is 0 Å². The van der Waals surface area contributed by atoms with Crippen LogP contribution in [0.25, 0.3) is 0 Å². The average Bonchev–Trinajstić information content (AvgIpc) is 2.48. The van der Waals surface area contributed by atoms with Crippen molar-refractivity contribution in [1.29, 1.82) is 0 Å². The molecule has 7 nitrogen and oxygen atoms in total. The second kappa shape index (κ2) is 6.40. The number of nitro groups is 1. The molecule has 0 aliphatic heterocycles. The number of hydrogen-bond donors (Lipinski definition) is 2. The molecule has 0 saturated carbocycles. The van der Waals surface area contributed by atoms with Crippen molar-refractivity contribution in [1.82, 2.24) is 4.98 Å². The summed E-state index contributed by atoms with van der Waals surface area (Å²) in [6.07, 6.45) is 0. The number of halogens is 1. The molecule has 8 heteroatoms. The third-order valence-electron chi connectivity index (χ3n) is 2.74. The van der Waals surface area contributed by atoms with Gasteiger partial charge in [-0.1, -0.05) is 0 Å². The number of anilines is 3. The summed E-state index contributed by atoms with van der Waals surface area (Å²) in [5.74, 6) is 1.32. The van der Waals surface area contributed by atoms with Crippen LogP contribution in [0, 0.1) is 10.1 Å². The van der Waals surface area contributed by atoms with E-state index in [4.69, 9.17) is 4.74 Å². The van der Waals surface area contributed by atoms with E-state index in [1.54, 1.807) is 38.4 Å². The van der Waals surface area contributed by atoms with Crippen LogP contribution < -0.4 is 15.4 Å². The number of ether oxygens (including phenoxy) is 1. The minimum atomic E-state index is -0.481. The molecule has 1 aromatic carbocycles. The smallest absolute Gasteiger partial charge is 0.311 e. The Labute approximate surface area is 129 Å². The van der Waals surface area contributed by atoms with Crippen LogP contribution >= 0.6 is 15.9 Å². The Morgan fingerprint density at radius 3 is 2.71 bits per heavy atom. The van der Waals surface area contributed by atoms with Gasteiger partial charge in [0.15, 0.2) is 0 Å². The Morgan fingerprint density at radius 1 is 1.33 bits per heavy atom. The Bertz CT molecular complexity index is 678. The molecule has 0 aliphatic carbocycles. The monoisotopic (exact) mass is 352 g/mol. The summed E-state index contributed by atoms with van der Waals surface area (Å²) in [7, 11) is 3.24. The van der Waals surface area contributed by atoms with Gasteiger partial charge in [-0.25, -0.2) is 4.98 Å². The van der Waals surface area contributed by atoms with Crippen molar-refractivity contribution in [2.75, 3.05) is 24.8 Å². The summed E-state index contributed by atoms with van der Waals surface area (Å²) >= 11 is 3.35. The molecule has 0 amide bonds. The van der Waals surface area contributed by atoms with Gasteiger partial charge in [-0.3, -0.25) is 10.1 Å². The second-order valence-corrected chi connectivity index (χ2v) is 4.90. The predicted molar refractivity (Wildman–Crippen MR) is 84.4 cm³/mol. The van der Waals surface area contributed by atoms with Crippen LogP contribution in [-0.2, 0) is 0 Å². The van der Waals surface area contributed by atoms with Gasteiger partial charge in [0, 0.05) is 24.9 Å². The molecule has 2 rings (SSSR count). The Balaban J connectivity index is 2.40. The number of methoxy groups -OCH3 is 1. The molecular weight excluding hydrogens is 340 g/mol. The molecule has 0 bridgehead atoms. The molecule has 0 radical (unpaired) electrons. The maximum absolute atomic E-state index is 11.1. The third-order valence-corrected chi connectivity index (χ3v) is 3.40. The highest BCUT2D eigenvalue weighted by Gasteiger charge is 2.16. The fraction of sp³-hybridized carbons (Fsp3) is 0.154. The van der Waals surface area contributed by atoms with Crippen LogP contribution in [0.3, 0.4) is 0 Å². The Kier molecular flexibility index (Phi) is 4.59. The van der Waals surface area contributed by atoms with Crippen molar-refractivity contribution in [2.24, 2.45) is 0 Å². The number of benzene rings is 1. The Morgan fingerprint density at radius 2 is 2.10 bits per heavy atom. The SMILES string of the molecule is CNc1ccc([N+](=O)[O-])c(Nc2ccc(Br)c(OC)c2)n1. The minimum Gasteiger partial charge on any atom is -0.495 e. The largest absolute Gasteiger partial charge is 0.495 e. The van der Waals surface area contributed by atoms with Crippen LogP contribution in [0.1, 0.15) is 0 Å². The van der Waals surface area contributed by atoms with Gasteiger partial charge in [0.05, 0.1) is 16.5 Å². The van der Waals surface area contributed by atoms with Crippen molar-refractivity contribution in [3.05, 3.63) is 44.9 Å². The zero-order chi connectivity index (χ0) is 15.4. The molecule has 1 heterocycles. The van der Waals surface area contributed by atoms with E-state index in [2.05, 4.69) is 31.5 Å². The molecule has 0 atom stereocenters. The molecule has 1 aromatic heterocycles. The van der Waals surface area contributed by atoms with E-state index in [0.29, 0.717) is 17.3 Å². The minimum absolute atomic E-state index is 0.101. The molecule has 2 aromatic rings. The molecule has 0 unspecified atom stereocenters. The normalized spacial score (nSPS) is 10.0. The lowest BCUT2D eigenvalue weighted by atomic mass is 10.3. The van der Waals surface area contributed by atoms with Gasteiger partial charge in [-0.05, 0) is 34.1 Å². The number of nitrogens with one attached hydrogen (secondary N) is 2. The van der Waals surface area contributed by atoms with E-state index in [1.807, 2.05) is 0 Å². The van der Waals surface area contributed by atoms with Gasteiger partial charge in [-0.2, -0.15) is 0 Å². The van der Waals surface area contributed by atoms with Crippen molar-refractivity contribution in [3.8, 4) is 5.75 Å². The first kappa shape index (κ1) is 15.0. The molecule has 0 spiro atoms. The molecular formula is C13H13BrN4O3. The Hall–Kier alpha value is -2.35. The molecule has 0 saturated heterocycles. The third kappa shape index (κ3) is 3.40. The van der Waals surface area contributed by atoms with E-state index in [1.165, 1.54) is 6.07 Å². The zero-order valence-electron chi connectivity index (χ0n) is 11.4. The van der Waals surface area contributed by atoms with E-state index in [0.717, 1.165) is 4.47 Å². The molecule has 0 fully saturated rings. The van der Waals surface area contributed by atoms with E-state index < -0.39 is 4.92 Å². The molecule has 110 valence electrons. The van der Waals surface area contributed by atoms with Gasteiger partial charge >= 0.3 is 5.69 Å². The lowest BCUT2D eigenvalue weighted by Gasteiger charge is -2.10. The van der Waals surface area contributed by atoms with E-state index in [-0.39, 0.29) is 11.5 Å². The van der Waals surface area contributed by atoms with Crippen LogP contribution in [0.4, 0.5) is 23.0 Å². The maximum atomic E-state index is 11.1. The van der Waals surface area contributed by atoms with Crippen molar-refractivity contribution < 1.29 is 9.66 Å². The molecule has 21 heavy (non-hydrogen) atoms. The molecule has 0 aliphatic rings. The van der Waals surface area contributed by atoms with Gasteiger partial charge in [0.2, 0.25) is 5.82 Å². The average molecular weight is 353 g/mol. The highest BCUT2D eigenvalue weighted by molar-refractivity contribution is 9.10. The van der Waals surface area contributed by atoms with Crippen LogP contribution in [0.5, 0.6) is 5.75 Å². The first-order valence-corrected chi connectivity index (χ1v) is 6.78. The number of hydrogen-bond acceptors (Lipinski definition) is 6. The van der Waals surface area contributed by atoms with Crippen LogP contribution in [0.2, 0.25) is 0 Å². The summed E-state index contributed by atoms with van der Waals surface area (Å²) in [4.78, 5) is 14.7. The van der Waals surface area contributed by atoms with Gasteiger partial charge in [0.25, 0.3) is 0 Å².